The number of nitrogens with zero attached hydrogens (tertiary/aromatic N) is 3. The number of nitrogens with one attached hydrogen (secondary N) is 1. The predicted molar refractivity (Wildman–Crippen MR) is 305 cm³/mol. The summed E-state index contributed by atoms with van der Waals surface area (Å²) in [6, 6.07) is 12.1. The van der Waals surface area contributed by atoms with Crippen LogP contribution in [-0.4, -0.2) is 231 Å². The zero-order valence-electron chi connectivity index (χ0n) is 48.8. The van der Waals surface area contributed by atoms with Gasteiger partial charge in [-0.3, -0.25) is 23.8 Å². The quantitative estimate of drug-likeness (QED) is 0.0120. The minimum absolute atomic E-state index is 0.00954. The fourth-order valence-corrected chi connectivity index (χ4v) is 10.4. The van der Waals surface area contributed by atoms with Crippen molar-refractivity contribution in [3.8, 4) is 16.9 Å². The number of carbonyl (C=O) groups is 3. The van der Waals surface area contributed by atoms with Crippen molar-refractivity contribution >= 4 is 55.5 Å². The lowest BCUT2D eigenvalue weighted by Crippen LogP contribution is -2.53. The number of nitrogens with two attached hydrogens (primary N) is 1. The number of esters is 1. The number of hydrogen-bond donors (Lipinski definition) is 4. The van der Waals surface area contributed by atoms with Gasteiger partial charge in [-0.1, -0.05) is 31.2 Å². The average Bonchev–Trinajstić information content (AvgIpc) is 1.32. The molecule has 1 fully saturated rings. The Labute approximate surface area is 508 Å². The van der Waals surface area contributed by atoms with Crippen LogP contribution in [0.4, 0.5) is 23.2 Å². The van der Waals surface area contributed by atoms with E-state index in [-0.39, 0.29) is 107 Å². The van der Waals surface area contributed by atoms with Crippen molar-refractivity contribution in [2.45, 2.75) is 42.4 Å². The van der Waals surface area contributed by atoms with Gasteiger partial charge < -0.3 is 68.3 Å². The zero-order chi connectivity index (χ0) is 63.7. The first-order chi connectivity index (χ1) is 42.3. The highest BCUT2D eigenvalue weighted by atomic mass is 32.2. The van der Waals surface area contributed by atoms with E-state index in [1.54, 1.807) is 42.5 Å². The number of halogens is 4. The van der Waals surface area contributed by atoms with E-state index < -0.39 is 66.4 Å². The van der Waals surface area contributed by atoms with E-state index in [0.717, 1.165) is 0 Å². The molecule has 0 aliphatic carbocycles. The van der Waals surface area contributed by atoms with Crippen molar-refractivity contribution in [2.75, 3.05) is 172 Å². The molecule has 2 aliphatic heterocycles. The summed E-state index contributed by atoms with van der Waals surface area (Å²) in [5, 5.41) is 13.3. The highest BCUT2D eigenvalue weighted by Crippen LogP contribution is 2.35. The Morgan fingerprint density at radius 3 is 1.61 bits per heavy atom. The molecule has 0 radical (unpaired) electrons. The van der Waals surface area contributed by atoms with Crippen LogP contribution >= 0.6 is 0 Å². The second-order valence-electron chi connectivity index (χ2n) is 19.2. The van der Waals surface area contributed by atoms with E-state index in [4.69, 9.17) is 62.5 Å². The lowest BCUT2D eigenvalue weighted by Gasteiger charge is -2.38. The number of rotatable bonds is 46. The second-order valence-corrected chi connectivity index (χ2v) is 22.5. The number of aliphatic hydroxyl groups is 1. The van der Waals surface area contributed by atoms with Crippen molar-refractivity contribution in [1.29, 1.82) is 0 Å². The largest absolute Gasteiger partial charge is 0.420 e. The summed E-state index contributed by atoms with van der Waals surface area (Å²) in [5.74, 6) is -13.1. The SMILES string of the molecule is CCCN(OCCO)C(=O)C1=Cc2ccc(-c3cccc(S(=O)(=O)N4CC(CNC(=O)CCOCCOCCOCCOCCOCCOCCOCCOCCOCCOCCC(=O)Oc5c(F)c(F)c(S(=O)(=O)O)c(F)c5F)C4)c3)cc2N=C(N)C1. The number of sulfonamides is 1. The summed E-state index contributed by atoms with van der Waals surface area (Å²) >= 11 is 0. The summed E-state index contributed by atoms with van der Waals surface area (Å²) in [4.78, 5) is 45.5. The molecular formula is C56H77F4N5O21S2. The summed E-state index contributed by atoms with van der Waals surface area (Å²) in [6.07, 6.45) is 2.02. The Balaban J connectivity index is 0.757. The molecule has 2 aliphatic rings. The lowest BCUT2D eigenvalue weighted by atomic mass is 10.0. The molecule has 0 unspecified atom stereocenters. The van der Waals surface area contributed by atoms with Crippen molar-refractivity contribution in [3.63, 3.8) is 0 Å². The Morgan fingerprint density at radius 2 is 1.14 bits per heavy atom. The molecule has 0 aromatic heterocycles. The van der Waals surface area contributed by atoms with Gasteiger partial charge in [-0.2, -0.15) is 21.5 Å². The number of aliphatic imine (C=N–C) groups is 1. The predicted octanol–water partition coefficient (Wildman–Crippen LogP) is 3.38. The van der Waals surface area contributed by atoms with Gasteiger partial charge in [0.2, 0.25) is 33.3 Å². The highest BCUT2D eigenvalue weighted by molar-refractivity contribution is 7.89. The van der Waals surface area contributed by atoms with E-state index >= 15 is 0 Å². The summed E-state index contributed by atoms with van der Waals surface area (Å²) < 4.78 is 174. The van der Waals surface area contributed by atoms with E-state index in [2.05, 4.69) is 15.0 Å². The fraction of sp³-hybridized carbons (Fsp3) is 0.571. The number of ether oxygens (including phenoxy) is 11. The lowest BCUT2D eigenvalue weighted by molar-refractivity contribution is -0.185. The number of fused-ring (bicyclic) bond motifs is 1. The molecule has 0 spiro atoms. The van der Waals surface area contributed by atoms with Gasteiger partial charge in [0, 0.05) is 56.1 Å². The van der Waals surface area contributed by atoms with Crippen LogP contribution in [0.5, 0.6) is 5.75 Å². The molecule has 3 aromatic rings. The van der Waals surface area contributed by atoms with Crippen LogP contribution in [0.2, 0.25) is 0 Å². The first-order valence-electron chi connectivity index (χ1n) is 28.3. The summed E-state index contributed by atoms with van der Waals surface area (Å²) in [6.45, 7) is 8.25. The monoisotopic (exact) mass is 1300 g/mol. The van der Waals surface area contributed by atoms with Crippen molar-refractivity contribution in [2.24, 2.45) is 16.6 Å². The van der Waals surface area contributed by atoms with Crippen LogP contribution in [0.1, 0.15) is 38.2 Å². The second kappa shape index (κ2) is 39.5. The van der Waals surface area contributed by atoms with Crippen LogP contribution in [0, 0.1) is 29.2 Å². The molecule has 3 aromatic carbocycles. The molecule has 5 N–H and O–H groups in total. The number of aliphatic hydroxyl groups excluding tert-OH is 1. The smallest absolute Gasteiger partial charge is 0.313 e. The van der Waals surface area contributed by atoms with Gasteiger partial charge in [0.25, 0.3) is 5.91 Å². The van der Waals surface area contributed by atoms with Gasteiger partial charge in [-0.05, 0) is 41.8 Å². The van der Waals surface area contributed by atoms with Crippen LogP contribution in [0.3, 0.4) is 0 Å². The number of carbonyl (C=O) groups excluding carboxylic acids is 3. The molecule has 32 heteroatoms. The molecule has 0 atom stereocenters. The molecule has 0 saturated carbocycles. The third-order valence-corrected chi connectivity index (χ3v) is 15.2. The average molecular weight is 1300 g/mol. The molecule has 492 valence electrons. The molecule has 2 amide bonds. The molecule has 88 heavy (non-hydrogen) atoms. The van der Waals surface area contributed by atoms with Gasteiger partial charge in [0.15, 0.2) is 16.5 Å². The topological polar surface area (TPSA) is 328 Å². The van der Waals surface area contributed by atoms with Gasteiger partial charge in [-0.15, -0.1) is 0 Å². The molecule has 5 rings (SSSR count). The van der Waals surface area contributed by atoms with Crippen LogP contribution in [0.15, 0.2) is 62.8 Å². The van der Waals surface area contributed by atoms with E-state index in [0.29, 0.717) is 140 Å². The molecule has 0 bridgehead atoms. The normalized spacial score (nSPS) is 13.8. The van der Waals surface area contributed by atoms with Gasteiger partial charge in [0.05, 0.1) is 162 Å². The van der Waals surface area contributed by atoms with Gasteiger partial charge >= 0.3 is 16.1 Å². The minimum Gasteiger partial charge on any atom is -0.420 e. The third kappa shape index (κ3) is 25.0. The Morgan fingerprint density at radius 1 is 0.659 bits per heavy atom. The first-order valence-corrected chi connectivity index (χ1v) is 31.2. The summed E-state index contributed by atoms with van der Waals surface area (Å²) in [5.41, 5.74) is 9.17. The maximum absolute atomic E-state index is 14.0. The van der Waals surface area contributed by atoms with Crippen molar-refractivity contribution in [1.82, 2.24) is 14.7 Å². The Hall–Kier alpha value is -5.66. The van der Waals surface area contributed by atoms with Crippen LogP contribution in [-0.2, 0) is 86.7 Å². The molecule has 1 saturated heterocycles. The van der Waals surface area contributed by atoms with E-state index in [9.17, 15) is 53.9 Å². The molecule has 26 nitrogen and oxygen atoms in total. The number of benzene rings is 3. The van der Waals surface area contributed by atoms with Crippen molar-refractivity contribution < 1.29 is 115 Å². The zero-order valence-corrected chi connectivity index (χ0v) is 50.4. The minimum atomic E-state index is -5.66. The maximum Gasteiger partial charge on any atom is 0.313 e. The Bertz CT molecular complexity index is 2950. The molecular weight excluding hydrogens is 1220 g/mol. The van der Waals surface area contributed by atoms with E-state index in [1.807, 2.05) is 13.0 Å². The number of hydrogen-bond acceptors (Lipinski definition) is 22. The first kappa shape index (κ1) is 73.1. The standard InChI is InChI=1S/C56H77F4N5O21S2/c1-2-10-65(85-14-11-66)56(69)44-33-43-7-6-42(35-46(43)63-47(61)36-44)41-4-3-5-45(34-41)87(70,71)64-38-40(39-64)37-62-48(67)8-12-75-15-17-77-19-21-79-23-25-81-27-29-83-31-32-84-30-28-82-26-24-80-22-20-78-18-16-76-13-9-49(68)86-54-50(57)52(59)55(88(72,73)74)53(60)51(54)58/h3-7,33-35,40,66H,2,8-32,36-39H2,1H3,(H2,61,63)(H,62,67)(H,72,73,74). The number of hydroxylamine groups is 2. The van der Waals surface area contributed by atoms with E-state index in [1.165, 1.54) is 9.37 Å². The Kier molecular flexibility index (Phi) is 32.8. The summed E-state index contributed by atoms with van der Waals surface area (Å²) in [7, 11) is -9.47. The molecule has 2 heterocycles. The van der Waals surface area contributed by atoms with Crippen LogP contribution in [0.25, 0.3) is 17.2 Å². The van der Waals surface area contributed by atoms with Gasteiger partial charge in [0.1, 0.15) is 5.84 Å². The highest BCUT2D eigenvalue weighted by Gasteiger charge is 2.37. The van der Waals surface area contributed by atoms with Crippen LogP contribution < -0.4 is 15.8 Å². The number of amidine groups is 1. The third-order valence-electron chi connectivity index (χ3n) is 12.5. The van der Waals surface area contributed by atoms with Gasteiger partial charge in [-0.25, -0.2) is 27.3 Å². The maximum atomic E-state index is 14.0. The number of amides is 2. The van der Waals surface area contributed by atoms with Crippen molar-refractivity contribution in [3.05, 3.63) is 76.9 Å². The fourth-order valence-electron chi connectivity index (χ4n) is 8.10.